The largest absolute Gasteiger partial charge is 0.481 e. The molecule has 2 rings (SSSR count). The van der Waals surface area contributed by atoms with Gasteiger partial charge in [0, 0.05) is 57.4 Å². The van der Waals surface area contributed by atoms with E-state index in [0.717, 1.165) is 4.68 Å². The molecular weight excluding hydrogens is 368 g/mol. The smallest absolute Gasteiger partial charge is 0.410 e. The Hall–Kier alpha value is -2.62. The van der Waals surface area contributed by atoms with Gasteiger partial charge in [0.05, 0.1) is 0 Å². The van der Waals surface area contributed by atoms with Crippen LogP contribution in [0, 0.1) is 0 Å². The molecule has 10 nitrogen and oxygen atoms in total. The van der Waals surface area contributed by atoms with Crippen LogP contribution in [0.25, 0.3) is 0 Å². The first-order valence-corrected chi connectivity index (χ1v) is 9.30. The molecule has 10 heteroatoms. The summed E-state index contributed by atoms with van der Waals surface area (Å²) < 4.78 is 6.49. The van der Waals surface area contributed by atoms with Crippen LogP contribution in [0.1, 0.15) is 39.2 Å². The zero-order valence-electron chi connectivity index (χ0n) is 16.6. The summed E-state index contributed by atoms with van der Waals surface area (Å²) in [5, 5.41) is 11.4. The second-order valence-electron chi connectivity index (χ2n) is 7.83. The molecule has 0 bridgehead atoms. The van der Waals surface area contributed by atoms with Gasteiger partial charge in [-0.2, -0.15) is 0 Å². The summed E-state index contributed by atoms with van der Waals surface area (Å²) in [7, 11) is 0. The number of nitrogens with zero attached hydrogens (tertiary/aromatic N) is 3. The molecule has 28 heavy (non-hydrogen) atoms. The number of carboxylic acids is 1. The molecule has 0 unspecified atom stereocenters. The highest BCUT2D eigenvalue weighted by Gasteiger charge is 2.26. The Bertz CT molecular complexity index is 815. The number of aryl methyl sites for hydroxylation is 1. The number of carboxylic acid groups (broad SMARTS) is 1. The number of amides is 1. The van der Waals surface area contributed by atoms with Gasteiger partial charge in [-0.15, -0.1) is 0 Å². The van der Waals surface area contributed by atoms with Crippen LogP contribution in [-0.2, 0) is 22.6 Å². The minimum atomic E-state index is -0.947. The summed E-state index contributed by atoms with van der Waals surface area (Å²) >= 11 is 0. The SMILES string of the molecule is CC(C)(C)OC(=O)N1CCN(Cc2c[nH]n(CCCC(=O)O)c(=O)c2=O)CC1. The molecule has 0 saturated carbocycles. The maximum absolute atomic E-state index is 12.3. The summed E-state index contributed by atoms with van der Waals surface area (Å²) in [6.45, 7) is 8.02. The Labute approximate surface area is 162 Å². The zero-order chi connectivity index (χ0) is 20.9. The maximum Gasteiger partial charge on any atom is 0.410 e. The zero-order valence-corrected chi connectivity index (χ0v) is 16.6. The van der Waals surface area contributed by atoms with Crippen molar-refractivity contribution in [3.63, 3.8) is 0 Å². The number of H-pyrrole nitrogens is 1. The van der Waals surface area contributed by atoms with Crippen molar-refractivity contribution in [2.24, 2.45) is 0 Å². The number of aliphatic carboxylic acids is 1. The van der Waals surface area contributed by atoms with Crippen molar-refractivity contribution >= 4 is 12.1 Å². The Balaban J connectivity index is 1.92. The highest BCUT2D eigenvalue weighted by molar-refractivity contribution is 5.68. The van der Waals surface area contributed by atoms with Crippen LogP contribution in [0.2, 0.25) is 0 Å². The van der Waals surface area contributed by atoms with Crippen LogP contribution < -0.4 is 11.0 Å². The average molecular weight is 396 g/mol. The molecule has 1 saturated heterocycles. The lowest BCUT2D eigenvalue weighted by Gasteiger charge is -2.35. The standard InChI is InChI=1S/C18H28N4O6/c1-18(2,3)28-17(27)21-9-7-20(8-10-21)12-13-11-19-22(16(26)15(13)25)6-4-5-14(23)24/h11,19H,4-10,12H2,1-3H3,(H,23,24). The highest BCUT2D eigenvalue weighted by atomic mass is 16.6. The number of aromatic nitrogens is 2. The van der Waals surface area contributed by atoms with Crippen molar-refractivity contribution in [1.82, 2.24) is 19.6 Å². The number of piperazine rings is 1. The number of hydrogen-bond donors (Lipinski definition) is 2. The number of aromatic amines is 1. The van der Waals surface area contributed by atoms with Gasteiger partial charge in [0.2, 0.25) is 0 Å². The third kappa shape index (κ3) is 6.22. The minimum absolute atomic E-state index is 0.0713. The molecule has 2 N–H and O–H groups in total. The number of nitrogens with one attached hydrogen (secondary N) is 1. The van der Waals surface area contributed by atoms with Crippen LogP contribution in [-0.4, -0.2) is 68.5 Å². The Kier molecular flexibility index (Phi) is 7.00. The topological polar surface area (TPSA) is 125 Å². The fourth-order valence-electron chi connectivity index (χ4n) is 2.87. The predicted molar refractivity (Wildman–Crippen MR) is 101 cm³/mol. The van der Waals surface area contributed by atoms with Crippen LogP contribution in [0.5, 0.6) is 0 Å². The number of rotatable bonds is 6. The lowest BCUT2D eigenvalue weighted by atomic mass is 10.2. The van der Waals surface area contributed by atoms with Crippen LogP contribution >= 0.6 is 0 Å². The molecule has 0 atom stereocenters. The third-order valence-electron chi connectivity index (χ3n) is 4.32. The van der Waals surface area contributed by atoms with E-state index < -0.39 is 22.6 Å². The minimum Gasteiger partial charge on any atom is -0.481 e. The number of carbonyl (C=O) groups excluding carboxylic acids is 1. The van der Waals surface area contributed by atoms with E-state index in [4.69, 9.17) is 9.84 Å². The van der Waals surface area contributed by atoms with Crippen molar-refractivity contribution in [3.05, 3.63) is 32.3 Å². The predicted octanol–water partition coefficient (Wildman–Crippen LogP) is 0.454. The maximum atomic E-state index is 12.3. The fourth-order valence-corrected chi connectivity index (χ4v) is 2.87. The first kappa shape index (κ1) is 21.7. The third-order valence-corrected chi connectivity index (χ3v) is 4.32. The second-order valence-corrected chi connectivity index (χ2v) is 7.83. The van der Waals surface area contributed by atoms with E-state index in [-0.39, 0.29) is 25.5 Å². The van der Waals surface area contributed by atoms with Crippen molar-refractivity contribution in [2.45, 2.75) is 52.3 Å². The van der Waals surface area contributed by atoms with Gasteiger partial charge >= 0.3 is 17.6 Å². The van der Waals surface area contributed by atoms with Gasteiger partial charge in [-0.1, -0.05) is 0 Å². The van der Waals surface area contributed by atoms with Crippen LogP contribution in [0.15, 0.2) is 15.8 Å². The number of hydrogen-bond acceptors (Lipinski definition) is 6. The fraction of sp³-hybridized carbons (Fsp3) is 0.667. The summed E-state index contributed by atoms with van der Waals surface area (Å²) in [6.07, 6.45) is 1.33. The molecule has 1 fully saturated rings. The molecule has 1 aliphatic rings. The lowest BCUT2D eigenvalue weighted by Crippen LogP contribution is -2.50. The molecule has 156 valence electrons. The van der Waals surface area contributed by atoms with E-state index in [9.17, 15) is 19.2 Å². The second kappa shape index (κ2) is 9.05. The van der Waals surface area contributed by atoms with Gasteiger partial charge in [-0.25, -0.2) is 9.48 Å². The van der Waals surface area contributed by atoms with E-state index in [1.807, 2.05) is 25.7 Å². The van der Waals surface area contributed by atoms with E-state index in [1.54, 1.807) is 4.90 Å². The van der Waals surface area contributed by atoms with Gasteiger partial charge in [-0.3, -0.25) is 19.3 Å². The van der Waals surface area contributed by atoms with Crippen LogP contribution in [0.3, 0.4) is 0 Å². The first-order chi connectivity index (χ1) is 13.1. The van der Waals surface area contributed by atoms with Gasteiger partial charge in [-0.05, 0) is 27.2 Å². The molecule has 1 aliphatic heterocycles. The lowest BCUT2D eigenvalue weighted by molar-refractivity contribution is -0.137. The van der Waals surface area contributed by atoms with Gasteiger partial charge < -0.3 is 19.8 Å². The molecule has 0 aromatic carbocycles. The van der Waals surface area contributed by atoms with Gasteiger partial charge in [0.25, 0.3) is 5.43 Å². The van der Waals surface area contributed by atoms with E-state index in [2.05, 4.69) is 5.10 Å². The van der Waals surface area contributed by atoms with Gasteiger partial charge in [0.15, 0.2) is 0 Å². The summed E-state index contributed by atoms with van der Waals surface area (Å²) in [5.74, 6) is -0.947. The summed E-state index contributed by atoms with van der Waals surface area (Å²) in [5.41, 5.74) is -1.47. The Morgan fingerprint density at radius 2 is 1.82 bits per heavy atom. The van der Waals surface area contributed by atoms with Crippen molar-refractivity contribution in [1.29, 1.82) is 0 Å². The first-order valence-electron chi connectivity index (χ1n) is 9.30. The molecule has 0 radical (unpaired) electrons. The molecule has 1 amide bonds. The van der Waals surface area contributed by atoms with Crippen molar-refractivity contribution in [3.8, 4) is 0 Å². The average Bonchev–Trinajstić information content (AvgIpc) is 2.60. The van der Waals surface area contributed by atoms with E-state index in [1.165, 1.54) is 6.20 Å². The van der Waals surface area contributed by atoms with Gasteiger partial charge in [0.1, 0.15) is 5.60 Å². The molecule has 1 aromatic heterocycles. The molecule has 0 spiro atoms. The molecule has 2 heterocycles. The van der Waals surface area contributed by atoms with Crippen molar-refractivity contribution in [2.75, 3.05) is 26.2 Å². The summed E-state index contributed by atoms with van der Waals surface area (Å²) in [4.78, 5) is 50.8. The van der Waals surface area contributed by atoms with E-state index in [0.29, 0.717) is 38.3 Å². The molecule has 1 aromatic rings. The monoisotopic (exact) mass is 396 g/mol. The normalized spacial score (nSPS) is 15.5. The number of carbonyl (C=O) groups is 2. The summed E-state index contributed by atoms with van der Waals surface area (Å²) in [6, 6.07) is 0. The molecular formula is C18H28N4O6. The number of ether oxygens (including phenoxy) is 1. The van der Waals surface area contributed by atoms with E-state index >= 15 is 0 Å². The quantitative estimate of drug-likeness (QED) is 0.669. The highest BCUT2D eigenvalue weighted by Crippen LogP contribution is 2.12. The Morgan fingerprint density at radius 1 is 1.18 bits per heavy atom. The van der Waals surface area contributed by atoms with Crippen LogP contribution in [0.4, 0.5) is 4.79 Å². The molecule has 0 aliphatic carbocycles. The van der Waals surface area contributed by atoms with Crippen molar-refractivity contribution < 1.29 is 19.4 Å². The Morgan fingerprint density at radius 3 is 2.39 bits per heavy atom.